The summed E-state index contributed by atoms with van der Waals surface area (Å²) in [4.78, 5) is 1.36. The Kier molecular flexibility index (Phi) is 7.31. The van der Waals surface area contributed by atoms with E-state index in [4.69, 9.17) is 0 Å². The quantitative estimate of drug-likeness (QED) is 0.688. The van der Waals surface area contributed by atoms with Gasteiger partial charge in [0, 0.05) is 4.90 Å². The van der Waals surface area contributed by atoms with Crippen molar-refractivity contribution < 1.29 is 0 Å². The van der Waals surface area contributed by atoms with Gasteiger partial charge in [0.15, 0.2) is 0 Å². The summed E-state index contributed by atoms with van der Waals surface area (Å²) in [6.07, 6.45) is 0. The first-order valence-electron chi connectivity index (χ1n) is 3.69. The van der Waals surface area contributed by atoms with Crippen LogP contribution in [0.2, 0.25) is 0 Å². The van der Waals surface area contributed by atoms with E-state index >= 15 is 0 Å². The molecular formula is C9H15NS. The smallest absolute Gasteiger partial charge is 0.00718 e. The van der Waals surface area contributed by atoms with E-state index < -0.39 is 0 Å². The summed E-state index contributed by atoms with van der Waals surface area (Å²) in [5.74, 6) is 1.16. The topological polar surface area (TPSA) is 26.0 Å². The summed E-state index contributed by atoms with van der Waals surface area (Å²) in [5.41, 5.74) is 4.50. The van der Waals surface area contributed by atoms with Crippen LogP contribution in [0.1, 0.15) is 6.92 Å². The number of thioether (sulfide) groups is 1. The minimum Gasteiger partial charge on any atom is -0.333 e. The van der Waals surface area contributed by atoms with Crippen molar-refractivity contribution in [3.63, 3.8) is 0 Å². The van der Waals surface area contributed by atoms with Crippen molar-refractivity contribution in [2.75, 3.05) is 12.8 Å². The Morgan fingerprint density at radius 3 is 2.18 bits per heavy atom. The Hall–Kier alpha value is -0.470. The van der Waals surface area contributed by atoms with Gasteiger partial charge in [0.05, 0.1) is 0 Å². The Morgan fingerprint density at radius 2 is 1.73 bits per heavy atom. The van der Waals surface area contributed by atoms with E-state index in [1.165, 1.54) is 11.9 Å². The van der Waals surface area contributed by atoms with Crippen LogP contribution in [0.15, 0.2) is 35.2 Å². The molecule has 0 amide bonds. The van der Waals surface area contributed by atoms with Crippen molar-refractivity contribution in [1.29, 1.82) is 0 Å². The molecule has 2 heteroatoms. The van der Waals surface area contributed by atoms with Crippen LogP contribution < -0.4 is 5.73 Å². The van der Waals surface area contributed by atoms with E-state index in [0.717, 1.165) is 5.75 Å². The molecule has 0 aliphatic rings. The van der Waals surface area contributed by atoms with Gasteiger partial charge in [-0.2, -0.15) is 0 Å². The average Bonchev–Trinajstić information content (AvgIpc) is 2.11. The average molecular weight is 169 g/mol. The summed E-state index contributed by atoms with van der Waals surface area (Å²) in [6.45, 7) is 2.16. The molecule has 0 fully saturated rings. The molecule has 0 heterocycles. The molecule has 0 spiro atoms. The third kappa shape index (κ3) is 4.87. The molecule has 0 radical (unpaired) electrons. The summed E-state index contributed by atoms with van der Waals surface area (Å²) < 4.78 is 0. The molecule has 1 aromatic rings. The van der Waals surface area contributed by atoms with Gasteiger partial charge in [-0.15, -0.1) is 11.8 Å². The van der Waals surface area contributed by atoms with Gasteiger partial charge in [-0.1, -0.05) is 25.1 Å². The zero-order chi connectivity index (χ0) is 8.53. The molecule has 0 saturated heterocycles. The fraction of sp³-hybridized carbons (Fsp3) is 0.333. The van der Waals surface area contributed by atoms with Gasteiger partial charge in [0.1, 0.15) is 0 Å². The van der Waals surface area contributed by atoms with Gasteiger partial charge < -0.3 is 5.73 Å². The van der Waals surface area contributed by atoms with Crippen molar-refractivity contribution in [3.05, 3.63) is 30.3 Å². The van der Waals surface area contributed by atoms with Crippen LogP contribution in [-0.2, 0) is 0 Å². The largest absolute Gasteiger partial charge is 0.333 e. The van der Waals surface area contributed by atoms with Crippen molar-refractivity contribution >= 4 is 11.8 Å². The van der Waals surface area contributed by atoms with Crippen LogP contribution in [0.4, 0.5) is 0 Å². The molecule has 0 atom stereocenters. The maximum absolute atomic E-state index is 4.50. The second-order valence-corrected chi connectivity index (χ2v) is 3.08. The van der Waals surface area contributed by atoms with Crippen molar-refractivity contribution in [2.45, 2.75) is 11.8 Å². The van der Waals surface area contributed by atoms with Gasteiger partial charge in [-0.25, -0.2) is 0 Å². The van der Waals surface area contributed by atoms with Gasteiger partial charge in [-0.05, 0) is 24.9 Å². The molecule has 0 saturated carbocycles. The molecule has 11 heavy (non-hydrogen) atoms. The van der Waals surface area contributed by atoms with E-state index in [-0.39, 0.29) is 0 Å². The number of nitrogens with two attached hydrogens (primary N) is 1. The zero-order valence-electron chi connectivity index (χ0n) is 7.08. The predicted octanol–water partition coefficient (Wildman–Crippen LogP) is 2.37. The molecule has 1 aromatic carbocycles. The molecule has 62 valence electrons. The van der Waals surface area contributed by atoms with E-state index in [1.807, 2.05) is 17.8 Å². The van der Waals surface area contributed by atoms with Crippen LogP contribution in [0.3, 0.4) is 0 Å². The van der Waals surface area contributed by atoms with Crippen molar-refractivity contribution in [1.82, 2.24) is 0 Å². The van der Waals surface area contributed by atoms with E-state index in [0.29, 0.717) is 0 Å². The third-order valence-electron chi connectivity index (χ3n) is 1.05. The Bertz CT molecular complexity index is 162. The van der Waals surface area contributed by atoms with Crippen LogP contribution in [0.25, 0.3) is 0 Å². The minimum atomic E-state index is 1.16. The first kappa shape index (κ1) is 10.5. The molecule has 0 aliphatic heterocycles. The van der Waals surface area contributed by atoms with Gasteiger partial charge in [-0.3, -0.25) is 0 Å². The summed E-state index contributed by atoms with van der Waals surface area (Å²) in [5, 5.41) is 0. The molecule has 0 bridgehead atoms. The van der Waals surface area contributed by atoms with Crippen molar-refractivity contribution in [2.24, 2.45) is 5.73 Å². The molecule has 0 aliphatic carbocycles. The SMILES string of the molecule is CCSc1ccccc1.CN. The molecule has 1 rings (SSSR count). The first-order valence-corrected chi connectivity index (χ1v) is 4.67. The summed E-state index contributed by atoms with van der Waals surface area (Å²) >= 11 is 1.88. The summed E-state index contributed by atoms with van der Waals surface area (Å²) in [7, 11) is 1.50. The van der Waals surface area contributed by atoms with Crippen LogP contribution >= 0.6 is 11.8 Å². The molecule has 0 aromatic heterocycles. The number of benzene rings is 1. The third-order valence-corrected chi connectivity index (χ3v) is 1.95. The Labute approximate surface area is 73.0 Å². The predicted molar refractivity (Wildman–Crippen MR) is 53.0 cm³/mol. The van der Waals surface area contributed by atoms with Crippen LogP contribution in [0, 0.1) is 0 Å². The molecule has 2 N–H and O–H groups in total. The monoisotopic (exact) mass is 169 g/mol. The molecule has 0 unspecified atom stereocenters. The zero-order valence-corrected chi connectivity index (χ0v) is 7.90. The lowest BCUT2D eigenvalue weighted by Crippen LogP contribution is -1.69. The first-order chi connectivity index (χ1) is 5.43. The maximum atomic E-state index is 4.50. The fourth-order valence-electron chi connectivity index (χ4n) is 0.683. The molecular weight excluding hydrogens is 154 g/mol. The second-order valence-electron chi connectivity index (χ2n) is 1.75. The number of rotatable bonds is 2. The van der Waals surface area contributed by atoms with E-state index in [9.17, 15) is 0 Å². The standard InChI is InChI=1S/C8H10S.CH5N/c1-2-9-8-6-4-3-5-7-8;1-2/h3-7H,2H2,1H3;2H2,1H3. The fourth-order valence-corrected chi connectivity index (χ4v) is 1.37. The van der Waals surface area contributed by atoms with Gasteiger partial charge >= 0.3 is 0 Å². The highest BCUT2D eigenvalue weighted by Gasteiger charge is 1.84. The number of hydrogen-bond donors (Lipinski definition) is 1. The highest BCUT2D eigenvalue weighted by atomic mass is 32.2. The van der Waals surface area contributed by atoms with Crippen molar-refractivity contribution in [3.8, 4) is 0 Å². The normalized spacial score (nSPS) is 8.27. The maximum Gasteiger partial charge on any atom is 0.00718 e. The lowest BCUT2D eigenvalue weighted by Gasteiger charge is -1.93. The minimum absolute atomic E-state index is 1.16. The van der Waals surface area contributed by atoms with Crippen LogP contribution in [0.5, 0.6) is 0 Å². The lowest BCUT2D eigenvalue weighted by molar-refractivity contribution is 1.43. The lowest BCUT2D eigenvalue weighted by atomic mass is 10.4. The van der Waals surface area contributed by atoms with E-state index in [2.05, 4.69) is 36.9 Å². The Balaban J connectivity index is 0.000000461. The van der Waals surface area contributed by atoms with Gasteiger partial charge in [0.2, 0.25) is 0 Å². The highest BCUT2D eigenvalue weighted by molar-refractivity contribution is 7.99. The Morgan fingerprint density at radius 1 is 1.18 bits per heavy atom. The molecule has 1 nitrogen and oxygen atoms in total. The highest BCUT2D eigenvalue weighted by Crippen LogP contribution is 2.15. The summed E-state index contributed by atoms with van der Waals surface area (Å²) in [6, 6.07) is 10.4. The number of hydrogen-bond acceptors (Lipinski definition) is 2. The van der Waals surface area contributed by atoms with Crippen LogP contribution in [-0.4, -0.2) is 12.8 Å². The second kappa shape index (κ2) is 7.63. The van der Waals surface area contributed by atoms with E-state index in [1.54, 1.807) is 0 Å². The van der Waals surface area contributed by atoms with Gasteiger partial charge in [0.25, 0.3) is 0 Å².